The third kappa shape index (κ3) is 3.77. The lowest BCUT2D eigenvalue weighted by Gasteiger charge is -2.34. The molecule has 1 unspecified atom stereocenters. The second-order valence-electron chi connectivity index (χ2n) is 8.48. The molecule has 26 heavy (non-hydrogen) atoms. The number of benzene rings is 1. The summed E-state index contributed by atoms with van der Waals surface area (Å²) in [5.74, 6) is -0.161. The van der Waals surface area contributed by atoms with Gasteiger partial charge >= 0.3 is 5.97 Å². The van der Waals surface area contributed by atoms with E-state index in [2.05, 4.69) is 55.7 Å². The SMILES string of the molecule is C/C(=C\Cn1c(-c2ccccc2)cc2c1CCC(C(C)(C)C)C2)C(=O)O. The maximum atomic E-state index is 11.2. The van der Waals surface area contributed by atoms with Gasteiger partial charge in [-0.15, -0.1) is 0 Å². The van der Waals surface area contributed by atoms with Crippen LogP contribution in [0, 0.1) is 11.3 Å². The van der Waals surface area contributed by atoms with Gasteiger partial charge < -0.3 is 9.67 Å². The standard InChI is InChI=1S/C23H29NO2/c1-16(22(25)26)12-13-24-20-11-10-19(23(2,3)4)14-18(20)15-21(24)17-8-6-5-7-9-17/h5-9,12,15,19H,10-11,13-14H2,1-4H3,(H,25,26)/b16-12+. The Bertz CT molecular complexity index is 822. The number of hydrogen-bond acceptors (Lipinski definition) is 1. The quantitative estimate of drug-likeness (QED) is 0.756. The zero-order valence-electron chi connectivity index (χ0n) is 16.2. The molecule has 0 aliphatic heterocycles. The number of rotatable bonds is 4. The average Bonchev–Trinajstić information content (AvgIpc) is 2.97. The minimum absolute atomic E-state index is 0.312. The fourth-order valence-electron chi connectivity index (χ4n) is 3.91. The smallest absolute Gasteiger partial charge is 0.331 e. The van der Waals surface area contributed by atoms with Crippen LogP contribution in [0.15, 0.2) is 48.0 Å². The Morgan fingerprint density at radius 2 is 1.96 bits per heavy atom. The van der Waals surface area contributed by atoms with Crippen LogP contribution in [0.4, 0.5) is 0 Å². The van der Waals surface area contributed by atoms with Crippen molar-refractivity contribution >= 4 is 5.97 Å². The molecule has 3 rings (SSSR count). The van der Waals surface area contributed by atoms with Crippen molar-refractivity contribution in [3.8, 4) is 11.3 Å². The summed E-state index contributed by atoms with van der Waals surface area (Å²) < 4.78 is 2.32. The van der Waals surface area contributed by atoms with E-state index in [1.165, 1.54) is 28.9 Å². The minimum atomic E-state index is -0.847. The van der Waals surface area contributed by atoms with Crippen molar-refractivity contribution in [2.24, 2.45) is 11.3 Å². The highest BCUT2D eigenvalue weighted by Crippen LogP contribution is 2.40. The van der Waals surface area contributed by atoms with Crippen LogP contribution in [-0.4, -0.2) is 15.6 Å². The number of fused-ring (bicyclic) bond motifs is 1. The van der Waals surface area contributed by atoms with E-state index in [0.717, 1.165) is 12.8 Å². The van der Waals surface area contributed by atoms with Gasteiger partial charge in [0.05, 0.1) is 0 Å². The highest BCUT2D eigenvalue weighted by atomic mass is 16.4. The summed E-state index contributed by atoms with van der Waals surface area (Å²) in [6.07, 6.45) is 5.18. The Morgan fingerprint density at radius 3 is 2.58 bits per heavy atom. The Kier molecular flexibility index (Phi) is 5.08. The summed E-state index contributed by atoms with van der Waals surface area (Å²) in [6, 6.07) is 12.7. The summed E-state index contributed by atoms with van der Waals surface area (Å²) in [7, 11) is 0. The molecular weight excluding hydrogens is 322 g/mol. The molecule has 1 aliphatic rings. The van der Waals surface area contributed by atoms with Crippen molar-refractivity contribution in [3.63, 3.8) is 0 Å². The fourth-order valence-corrected chi connectivity index (χ4v) is 3.91. The van der Waals surface area contributed by atoms with E-state index in [1.54, 1.807) is 6.92 Å². The van der Waals surface area contributed by atoms with Gasteiger partial charge in [0.25, 0.3) is 0 Å². The zero-order valence-corrected chi connectivity index (χ0v) is 16.2. The zero-order chi connectivity index (χ0) is 18.9. The Hall–Kier alpha value is -2.29. The molecular formula is C23H29NO2. The summed E-state index contributed by atoms with van der Waals surface area (Å²) >= 11 is 0. The van der Waals surface area contributed by atoms with Gasteiger partial charge in [-0.1, -0.05) is 57.2 Å². The lowest BCUT2D eigenvalue weighted by Crippen LogP contribution is -2.27. The summed E-state index contributed by atoms with van der Waals surface area (Å²) in [5, 5.41) is 9.18. The monoisotopic (exact) mass is 351 g/mol. The molecule has 0 spiro atoms. The van der Waals surface area contributed by atoms with Crippen LogP contribution in [0.5, 0.6) is 0 Å². The first-order valence-corrected chi connectivity index (χ1v) is 9.44. The number of hydrogen-bond donors (Lipinski definition) is 1. The van der Waals surface area contributed by atoms with Crippen LogP contribution in [0.1, 0.15) is 45.4 Å². The van der Waals surface area contributed by atoms with Crippen molar-refractivity contribution in [3.05, 3.63) is 59.3 Å². The van der Waals surface area contributed by atoms with Gasteiger partial charge in [0, 0.05) is 23.5 Å². The van der Waals surface area contributed by atoms with Gasteiger partial charge in [0.1, 0.15) is 0 Å². The maximum absolute atomic E-state index is 11.2. The average molecular weight is 351 g/mol. The molecule has 2 aromatic rings. The molecule has 3 heteroatoms. The molecule has 0 amide bonds. The maximum Gasteiger partial charge on any atom is 0.331 e. The Labute approximate surface area is 156 Å². The van der Waals surface area contributed by atoms with E-state index >= 15 is 0 Å². The normalized spacial score (nSPS) is 17.8. The van der Waals surface area contributed by atoms with E-state index in [9.17, 15) is 9.90 Å². The van der Waals surface area contributed by atoms with E-state index in [1.807, 2.05) is 12.1 Å². The lowest BCUT2D eigenvalue weighted by molar-refractivity contribution is -0.132. The largest absolute Gasteiger partial charge is 0.478 e. The number of carboxylic acids is 1. The van der Waals surface area contributed by atoms with E-state index < -0.39 is 5.97 Å². The summed E-state index contributed by atoms with van der Waals surface area (Å²) in [6.45, 7) is 9.26. The third-order valence-corrected chi connectivity index (χ3v) is 5.71. The van der Waals surface area contributed by atoms with Gasteiger partial charge in [-0.25, -0.2) is 4.79 Å². The van der Waals surface area contributed by atoms with Gasteiger partial charge in [-0.2, -0.15) is 0 Å². The van der Waals surface area contributed by atoms with Crippen molar-refractivity contribution in [1.29, 1.82) is 0 Å². The van der Waals surface area contributed by atoms with Gasteiger partial charge in [0.15, 0.2) is 0 Å². The van der Waals surface area contributed by atoms with Crippen molar-refractivity contribution in [1.82, 2.24) is 4.57 Å². The van der Waals surface area contributed by atoms with Crippen molar-refractivity contribution in [2.45, 2.75) is 53.5 Å². The second kappa shape index (κ2) is 7.14. The third-order valence-electron chi connectivity index (χ3n) is 5.71. The summed E-state index contributed by atoms with van der Waals surface area (Å²) in [5.41, 5.74) is 5.90. The van der Waals surface area contributed by atoms with Crippen LogP contribution in [0.3, 0.4) is 0 Å². The highest BCUT2D eigenvalue weighted by molar-refractivity contribution is 5.85. The molecule has 0 saturated carbocycles. The first kappa shape index (κ1) is 18.5. The molecule has 1 heterocycles. The number of allylic oxidation sites excluding steroid dienone is 1. The van der Waals surface area contributed by atoms with Gasteiger partial charge in [-0.3, -0.25) is 0 Å². The highest BCUT2D eigenvalue weighted by Gasteiger charge is 2.31. The van der Waals surface area contributed by atoms with E-state index in [0.29, 0.717) is 23.5 Å². The molecule has 0 bridgehead atoms. The van der Waals surface area contributed by atoms with E-state index in [4.69, 9.17) is 0 Å². The van der Waals surface area contributed by atoms with Crippen LogP contribution in [0.25, 0.3) is 11.3 Å². The molecule has 0 radical (unpaired) electrons. The number of carboxylic acid groups (broad SMARTS) is 1. The van der Waals surface area contributed by atoms with Crippen LogP contribution >= 0.6 is 0 Å². The minimum Gasteiger partial charge on any atom is -0.478 e. The van der Waals surface area contributed by atoms with Crippen molar-refractivity contribution < 1.29 is 9.90 Å². The molecule has 1 aliphatic carbocycles. The molecule has 0 saturated heterocycles. The first-order valence-electron chi connectivity index (χ1n) is 9.44. The molecule has 1 aromatic carbocycles. The first-order chi connectivity index (χ1) is 12.3. The molecule has 1 aromatic heterocycles. The van der Waals surface area contributed by atoms with Crippen molar-refractivity contribution in [2.75, 3.05) is 0 Å². The number of aromatic nitrogens is 1. The Balaban J connectivity index is 2.03. The topological polar surface area (TPSA) is 42.2 Å². The van der Waals surface area contributed by atoms with Gasteiger partial charge in [-0.05, 0) is 54.7 Å². The molecule has 3 nitrogen and oxygen atoms in total. The second-order valence-corrected chi connectivity index (χ2v) is 8.48. The molecule has 1 atom stereocenters. The fraction of sp³-hybridized carbons (Fsp3) is 0.435. The Morgan fingerprint density at radius 1 is 1.27 bits per heavy atom. The summed E-state index contributed by atoms with van der Waals surface area (Å²) in [4.78, 5) is 11.2. The van der Waals surface area contributed by atoms with Crippen LogP contribution in [0.2, 0.25) is 0 Å². The van der Waals surface area contributed by atoms with Crippen LogP contribution < -0.4 is 0 Å². The van der Waals surface area contributed by atoms with Crippen LogP contribution in [-0.2, 0) is 24.2 Å². The number of aliphatic carboxylic acids is 1. The molecule has 0 fully saturated rings. The van der Waals surface area contributed by atoms with E-state index in [-0.39, 0.29) is 0 Å². The molecule has 1 N–H and O–H groups in total. The number of carbonyl (C=O) groups is 1. The van der Waals surface area contributed by atoms with Gasteiger partial charge in [0.2, 0.25) is 0 Å². The predicted octanol–water partition coefficient (Wildman–Crippen LogP) is 5.34. The number of nitrogens with zero attached hydrogens (tertiary/aromatic N) is 1. The molecule has 138 valence electrons. The predicted molar refractivity (Wildman–Crippen MR) is 106 cm³/mol. The lowest BCUT2D eigenvalue weighted by atomic mass is 9.72.